The molecular weight excluding hydrogens is 374 g/mol. The number of hydrogen-bond acceptors (Lipinski definition) is 7. The molecule has 0 spiro atoms. The Kier molecular flexibility index (Phi) is 5.37. The number of benzene rings is 2. The molecule has 0 aliphatic heterocycles. The first-order valence-corrected chi connectivity index (χ1v) is 8.07. The minimum Gasteiger partial charge on any atom is -0.497 e. The van der Waals surface area contributed by atoms with Gasteiger partial charge >= 0.3 is 0 Å². The van der Waals surface area contributed by atoms with E-state index in [9.17, 15) is 10.1 Å². The Morgan fingerprint density at radius 3 is 2.74 bits per heavy atom. The van der Waals surface area contributed by atoms with Crippen molar-refractivity contribution in [2.24, 2.45) is 0 Å². The minimum atomic E-state index is -0.480. The SMILES string of the molecule is COc1ccc(-c2noc(/C(Cl)=C/c3cccc([N+](=O)[O-])c3)n2)c(OC)c1. The molecule has 1 heterocycles. The first-order chi connectivity index (χ1) is 13.0. The lowest BCUT2D eigenvalue weighted by molar-refractivity contribution is -0.384. The molecule has 0 N–H and O–H groups in total. The van der Waals surface area contributed by atoms with Crippen LogP contribution in [0.5, 0.6) is 11.5 Å². The van der Waals surface area contributed by atoms with Crippen molar-refractivity contribution < 1.29 is 18.9 Å². The number of nitro groups is 1. The van der Waals surface area contributed by atoms with E-state index in [1.54, 1.807) is 37.4 Å². The summed E-state index contributed by atoms with van der Waals surface area (Å²) in [6.45, 7) is 0. The second-order valence-electron chi connectivity index (χ2n) is 5.33. The Bertz CT molecular complexity index is 1020. The normalized spacial score (nSPS) is 11.3. The lowest BCUT2D eigenvalue weighted by Crippen LogP contribution is -1.91. The number of methoxy groups -OCH3 is 2. The van der Waals surface area contributed by atoms with E-state index in [4.69, 9.17) is 25.6 Å². The van der Waals surface area contributed by atoms with Crippen LogP contribution in [0.15, 0.2) is 47.0 Å². The maximum absolute atomic E-state index is 10.9. The summed E-state index contributed by atoms with van der Waals surface area (Å²) >= 11 is 6.24. The first kappa shape index (κ1) is 18.4. The fourth-order valence-electron chi connectivity index (χ4n) is 2.35. The highest BCUT2D eigenvalue weighted by molar-refractivity contribution is 6.50. The molecule has 8 nitrogen and oxygen atoms in total. The molecule has 0 saturated heterocycles. The van der Waals surface area contributed by atoms with Gasteiger partial charge in [0.25, 0.3) is 11.6 Å². The number of halogens is 1. The summed E-state index contributed by atoms with van der Waals surface area (Å²) in [5.41, 5.74) is 1.10. The summed E-state index contributed by atoms with van der Waals surface area (Å²) in [7, 11) is 3.08. The summed E-state index contributed by atoms with van der Waals surface area (Å²) < 4.78 is 15.7. The van der Waals surface area contributed by atoms with Crippen LogP contribution in [0.3, 0.4) is 0 Å². The van der Waals surface area contributed by atoms with Gasteiger partial charge in [-0.1, -0.05) is 28.9 Å². The Morgan fingerprint density at radius 2 is 2.04 bits per heavy atom. The molecule has 0 atom stereocenters. The van der Waals surface area contributed by atoms with Crippen LogP contribution in [0.4, 0.5) is 5.69 Å². The zero-order chi connectivity index (χ0) is 19.4. The molecule has 0 unspecified atom stereocenters. The van der Waals surface area contributed by atoms with Gasteiger partial charge in [-0.2, -0.15) is 4.98 Å². The summed E-state index contributed by atoms with van der Waals surface area (Å²) in [5, 5.41) is 14.9. The number of hydrogen-bond donors (Lipinski definition) is 0. The third-order valence-corrected chi connectivity index (χ3v) is 3.93. The van der Waals surface area contributed by atoms with E-state index in [0.717, 1.165) is 0 Å². The van der Waals surface area contributed by atoms with Gasteiger partial charge in [0.15, 0.2) is 0 Å². The monoisotopic (exact) mass is 387 g/mol. The van der Waals surface area contributed by atoms with Gasteiger partial charge < -0.3 is 14.0 Å². The topological polar surface area (TPSA) is 101 Å². The van der Waals surface area contributed by atoms with E-state index in [1.165, 1.54) is 25.3 Å². The summed E-state index contributed by atoms with van der Waals surface area (Å²) in [4.78, 5) is 14.7. The van der Waals surface area contributed by atoms with Gasteiger partial charge in [0, 0.05) is 18.2 Å². The molecule has 2 aromatic carbocycles. The van der Waals surface area contributed by atoms with E-state index in [-0.39, 0.29) is 22.4 Å². The number of nitrogens with zero attached hydrogens (tertiary/aromatic N) is 3. The van der Waals surface area contributed by atoms with Crippen molar-refractivity contribution in [1.82, 2.24) is 10.1 Å². The van der Waals surface area contributed by atoms with Gasteiger partial charge in [0.2, 0.25) is 5.82 Å². The molecule has 0 aliphatic carbocycles. The number of rotatable bonds is 6. The van der Waals surface area contributed by atoms with E-state index in [0.29, 0.717) is 22.6 Å². The Hall–Kier alpha value is -3.39. The average Bonchev–Trinajstić information content (AvgIpc) is 3.17. The largest absolute Gasteiger partial charge is 0.497 e. The summed E-state index contributed by atoms with van der Waals surface area (Å²) in [5.74, 6) is 1.51. The number of ether oxygens (including phenoxy) is 2. The summed E-state index contributed by atoms with van der Waals surface area (Å²) in [6, 6.07) is 11.2. The van der Waals surface area contributed by atoms with Crippen molar-refractivity contribution >= 4 is 28.4 Å². The van der Waals surface area contributed by atoms with Crippen LogP contribution in [0.1, 0.15) is 11.5 Å². The standard InChI is InChI=1S/C18H14ClN3O5/c1-25-13-6-7-14(16(10-13)26-2)17-20-18(27-21-17)15(19)9-11-4-3-5-12(8-11)22(23)24/h3-10H,1-2H3/b15-9-. The lowest BCUT2D eigenvalue weighted by atomic mass is 10.2. The van der Waals surface area contributed by atoms with Crippen LogP contribution in [0.25, 0.3) is 22.5 Å². The highest BCUT2D eigenvalue weighted by atomic mass is 35.5. The van der Waals surface area contributed by atoms with Gasteiger partial charge in [0.1, 0.15) is 16.5 Å². The summed E-state index contributed by atoms with van der Waals surface area (Å²) in [6.07, 6.45) is 1.51. The van der Waals surface area contributed by atoms with Gasteiger partial charge in [-0.15, -0.1) is 0 Å². The highest BCUT2D eigenvalue weighted by Crippen LogP contribution is 2.33. The van der Waals surface area contributed by atoms with Crippen LogP contribution in [-0.4, -0.2) is 29.3 Å². The number of non-ortho nitro benzene ring substituents is 1. The molecule has 0 amide bonds. The lowest BCUT2D eigenvalue weighted by Gasteiger charge is -2.07. The predicted octanol–water partition coefficient (Wildman–Crippen LogP) is 4.40. The highest BCUT2D eigenvalue weighted by Gasteiger charge is 2.16. The van der Waals surface area contributed by atoms with Gasteiger partial charge in [-0.3, -0.25) is 10.1 Å². The van der Waals surface area contributed by atoms with Gasteiger partial charge in [-0.25, -0.2) is 0 Å². The molecule has 0 aliphatic rings. The van der Waals surface area contributed by atoms with Crippen molar-refractivity contribution in [3.63, 3.8) is 0 Å². The van der Waals surface area contributed by atoms with Crippen molar-refractivity contribution in [2.45, 2.75) is 0 Å². The third-order valence-electron chi connectivity index (χ3n) is 3.65. The molecule has 3 aromatic rings. The van der Waals surface area contributed by atoms with Crippen LogP contribution >= 0.6 is 11.6 Å². The molecule has 0 fully saturated rings. The van der Waals surface area contributed by atoms with Crippen molar-refractivity contribution in [1.29, 1.82) is 0 Å². The molecule has 0 radical (unpaired) electrons. The Balaban J connectivity index is 1.91. The number of nitro benzene ring substituents is 1. The van der Waals surface area contributed by atoms with Crippen LogP contribution in [0, 0.1) is 10.1 Å². The molecule has 27 heavy (non-hydrogen) atoms. The van der Waals surface area contributed by atoms with Crippen molar-refractivity contribution in [3.8, 4) is 22.9 Å². The van der Waals surface area contributed by atoms with Gasteiger partial charge in [0.05, 0.1) is 24.7 Å². The van der Waals surface area contributed by atoms with Crippen LogP contribution in [0.2, 0.25) is 0 Å². The second-order valence-corrected chi connectivity index (χ2v) is 5.74. The van der Waals surface area contributed by atoms with E-state index < -0.39 is 4.92 Å². The fraction of sp³-hybridized carbons (Fsp3) is 0.111. The first-order valence-electron chi connectivity index (χ1n) is 7.70. The van der Waals surface area contributed by atoms with E-state index in [1.807, 2.05) is 0 Å². The van der Waals surface area contributed by atoms with Crippen LogP contribution < -0.4 is 9.47 Å². The molecule has 1 aromatic heterocycles. The predicted molar refractivity (Wildman–Crippen MR) is 99.7 cm³/mol. The van der Waals surface area contributed by atoms with Crippen molar-refractivity contribution in [2.75, 3.05) is 14.2 Å². The third kappa shape index (κ3) is 4.06. The molecule has 3 rings (SSSR count). The molecule has 138 valence electrons. The van der Waals surface area contributed by atoms with Crippen LogP contribution in [-0.2, 0) is 0 Å². The maximum Gasteiger partial charge on any atom is 0.270 e. The zero-order valence-corrected chi connectivity index (χ0v) is 15.1. The number of aromatic nitrogens is 2. The molecule has 0 bridgehead atoms. The average molecular weight is 388 g/mol. The Labute approximate surface area is 159 Å². The zero-order valence-electron chi connectivity index (χ0n) is 14.4. The van der Waals surface area contributed by atoms with E-state index >= 15 is 0 Å². The molecular formula is C18H14ClN3O5. The quantitative estimate of drug-likeness (QED) is 0.456. The van der Waals surface area contributed by atoms with Crippen molar-refractivity contribution in [3.05, 3.63) is 64.0 Å². The fourth-order valence-corrected chi connectivity index (χ4v) is 2.55. The second kappa shape index (κ2) is 7.88. The molecule has 0 saturated carbocycles. The molecule has 9 heteroatoms. The Morgan fingerprint density at radius 1 is 1.22 bits per heavy atom. The van der Waals surface area contributed by atoms with E-state index in [2.05, 4.69) is 10.1 Å². The minimum absolute atomic E-state index is 0.0394. The smallest absolute Gasteiger partial charge is 0.270 e. The maximum atomic E-state index is 10.9. The van der Waals surface area contributed by atoms with Gasteiger partial charge in [-0.05, 0) is 23.8 Å².